The lowest BCUT2D eigenvalue weighted by Crippen LogP contribution is -2.38. The van der Waals surface area contributed by atoms with Crippen molar-refractivity contribution in [2.45, 2.75) is 24.2 Å². The van der Waals surface area contributed by atoms with Crippen LogP contribution in [0.25, 0.3) is 0 Å². The summed E-state index contributed by atoms with van der Waals surface area (Å²) >= 11 is 0. The van der Waals surface area contributed by atoms with E-state index in [1.54, 1.807) is 23.1 Å². The summed E-state index contributed by atoms with van der Waals surface area (Å²) in [6.07, 6.45) is 1.34. The van der Waals surface area contributed by atoms with Crippen LogP contribution in [0, 0.1) is 17.2 Å². The van der Waals surface area contributed by atoms with Crippen LogP contribution >= 0.6 is 0 Å². The molecule has 6 heteroatoms. The van der Waals surface area contributed by atoms with Gasteiger partial charge in [-0.1, -0.05) is 18.2 Å². The monoisotopic (exact) mass is 306 g/mol. The number of sulfone groups is 1. The van der Waals surface area contributed by atoms with Crippen molar-refractivity contribution in [2.75, 3.05) is 18.8 Å². The number of hydrogen-bond donors (Lipinski definition) is 0. The van der Waals surface area contributed by atoms with Gasteiger partial charge in [-0.3, -0.25) is 4.79 Å². The molecular formula is C15H18N2O3S. The van der Waals surface area contributed by atoms with Gasteiger partial charge in [0.05, 0.1) is 16.7 Å². The van der Waals surface area contributed by atoms with Crippen LogP contribution in [0.5, 0.6) is 0 Å². The number of rotatable bonds is 4. The maximum Gasteiger partial charge on any atom is 0.223 e. The van der Waals surface area contributed by atoms with Gasteiger partial charge in [-0.25, -0.2) is 8.42 Å². The lowest BCUT2D eigenvalue weighted by atomic mass is 9.98. The average molecular weight is 306 g/mol. The van der Waals surface area contributed by atoms with Gasteiger partial charge in [0.2, 0.25) is 5.91 Å². The van der Waals surface area contributed by atoms with Gasteiger partial charge in [0, 0.05) is 25.4 Å². The van der Waals surface area contributed by atoms with Gasteiger partial charge in [0.25, 0.3) is 0 Å². The molecule has 2 rings (SSSR count). The number of piperidine rings is 1. The summed E-state index contributed by atoms with van der Waals surface area (Å²) in [5.41, 5.74) is 0. The number of likely N-dealkylation sites (tertiary alicyclic amines) is 1. The molecule has 0 saturated carbocycles. The van der Waals surface area contributed by atoms with Crippen molar-refractivity contribution in [3.05, 3.63) is 30.3 Å². The second-order valence-corrected chi connectivity index (χ2v) is 7.28. The smallest absolute Gasteiger partial charge is 0.223 e. The molecule has 1 heterocycles. The van der Waals surface area contributed by atoms with E-state index < -0.39 is 9.84 Å². The highest BCUT2D eigenvalue weighted by atomic mass is 32.2. The van der Waals surface area contributed by atoms with Crippen molar-refractivity contribution >= 4 is 15.7 Å². The van der Waals surface area contributed by atoms with Crippen molar-refractivity contribution < 1.29 is 13.2 Å². The van der Waals surface area contributed by atoms with Crippen molar-refractivity contribution in [3.8, 4) is 6.07 Å². The second-order valence-electron chi connectivity index (χ2n) is 5.17. The van der Waals surface area contributed by atoms with Gasteiger partial charge in [-0.2, -0.15) is 5.26 Å². The zero-order valence-corrected chi connectivity index (χ0v) is 12.6. The van der Waals surface area contributed by atoms with E-state index in [1.807, 2.05) is 0 Å². The Hall–Kier alpha value is -1.87. The van der Waals surface area contributed by atoms with Gasteiger partial charge in [-0.05, 0) is 25.0 Å². The number of nitrogens with zero attached hydrogens (tertiary/aromatic N) is 2. The predicted molar refractivity (Wildman–Crippen MR) is 78.0 cm³/mol. The van der Waals surface area contributed by atoms with Gasteiger partial charge in [-0.15, -0.1) is 0 Å². The molecule has 0 unspecified atom stereocenters. The Morgan fingerprint density at radius 2 is 1.86 bits per heavy atom. The Bertz CT molecular complexity index is 627. The minimum Gasteiger partial charge on any atom is -0.343 e. The molecule has 0 aliphatic carbocycles. The average Bonchev–Trinajstić information content (AvgIpc) is 2.53. The topological polar surface area (TPSA) is 78.2 Å². The molecule has 0 bridgehead atoms. The summed E-state index contributed by atoms with van der Waals surface area (Å²) in [5, 5.41) is 8.82. The molecule has 1 aromatic carbocycles. The van der Waals surface area contributed by atoms with Crippen molar-refractivity contribution in [2.24, 2.45) is 5.92 Å². The third-order valence-corrected chi connectivity index (χ3v) is 5.45. The molecule has 1 aliphatic rings. The lowest BCUT2D eigenvalue weighted by Gasteiger charge is -2.29. The number of hydrogen-bond acceptors (Lipinski definition) is 4. The molecule has 0 N–H and O–H groups in total. The van der Waals surface area contributed by atoms with Gasteiger partial charge in [0.15, 0.2) is 9.84 Å². The molecule has 0 spiro atoms. The lowest BCUT2D eigenvalue weighted by molar-refractivity contribution is -0.131. The number of benzene rings is 1. The van der Waals surface area contributed by atoms with Crippen LogP contribution in [0.1, 0.15) is 19.3 Å². The molecule has 0 aromatic heterocycles. The maximum absolute atomic E-state index is 12.1. The second kappa shape index (κ2) is 6.72. The van der Waals surface area contributed by atoms with E-state index in [0.717, 1.165) is 0 Å². The highest BCUT2D eigenvalue weighted by Crippen LogP contribution is 2.17. The molecule has 0 radical (unpaired) electrons. The zero-order valence-electron chi connectivity index (χ0n) is 11.7. The highest BCUT2D eigenvalue weighted by Gasteiger charge is 2.24. The van der Waals surface area contributed by atoms with Crippen LogP contribution in [0.3, 0.4) is 0 Å². The summed E-state index contributed by atoms with van der Waals surface area (Å²) in [6, 6.07) is 10.4. The minimum absolute atomic E-state index is 0.00551. The fourth-order valence-corrected chi connectivity index (χ4v) is 3.63. The molecule has 0 atom stereocenters. The minimum atomic E-state index is -3.41. The van der Waals surface area contributed by atoms with E-state index in [0.29, 0.717) is 25.9 Å². The summed E-state index contributed by atoms with van der Waals surface area (Å²) in [6.45, 7) is 1.09. The third-order valence-electron chi connectivity index (χ3n) is 3.72. The first-order chi connectivity index (χ1) is 10.0. The molecular weight excluding hydrogens is 288 g/mol. The van der Waals surface area contributed by atoms with E-state index in [1.165, 1.54) is 12.1 Å². The van der Waals surface area contributed by atoms with Gasteiger partial charge < -0.3 is 4.90 Å². The molecule has 1 amide bonds. The van der Waals surface area contributed by atoms with Gasteiger partial charge in [0.1, 0.15) is 0 Å². The Kier molecular flexibility index (Phi) is 4.97. The third kappa shape index (κ3) is 4.05. The fourth-order valence-electron chi connectivity index (χ4n) is 2.38. The quantitative estimate of drug-likeness (QED) is 0.846. The fraction of sp³-hybridized carbons (Fsp3) is 0.467. The van der Waals surface area contributed by atoms with Crippen LogP contribution in [-0.2, 0) is 14.6 Å². The Morgan fingerprint density at radius 1 is 1.24 bits per heavy atom. The zero-order chi connectivity index (χ0) is 15.3. The molecule has 1 saturated heterocycles. The molecule has 112 valence electrons. The van der Waals surface area contributed by atoms with E-state index in [9.17, 15) is 13.2 Å². The number of nitriles is 1. The molecule has 21 heavy (non-hydrogen) atoms. The van der Waals surface area contributed by atoms with E-state index in [-0.39, 0.29) is 28.9 Å². The van der Waals surface area contributed by atoms with Gasteiger partial charge >= 0.3 is 0 Å². The van der Waals surface area contributed by atoms with Crippen molar-refractivity contribution in [1.29, 1.82) is 5.26 Å². The Labute approximate surface area is 125 Å². The number of amides is 1. The molecule has 1 fully saturated rings. The highest BCUT2D eigenvalue weighted by molar-refractivity contribution is 7.91. The Balaban J connectivity index is 1.89. The summed E-state index contributed by atoms with van der Waals surface area (Å²) in [5.74, 6) is -0.304. The summed E-state index contributed by atoms with van der Waals surface area (Å²) < 4.78 is 24.2. The van der Waals surface area contributed by atoms with E-state index >= 15 is 0 Å². The van der Waals surface area contributed by atoms with E-state index in [2.05, 4.69) is 6.07 Å². The first kappa shape index (κ1) is 15.5. The van der Waals surface area contributed by atoms with Crippen LogP contribution < -0.4 is 0 Å². The summed E-state index contributed by atoms with van der Waals surface area (Å²) in [7, 11) is -3.41. The molecule has 1 aliphatic heterocycles. The summed E-state index contributed by atoms with van der Waals surface area (Å²) in [4.78, 5) is 14.0. The SMILES string of the molecule is N#CC1CCN(C(=O)CCS(=O)(=O)c2ccccc2)CC1. The van der Waals surface area contributed by atoms with Crippen LogP contribution in [-0.4, -0.2) is 38.1 Å². The largest absolute Gasteiger partial charge is 0.343 e. The van der Waals surface area contributed by atoms with Crippen LogP contribution in [0.4, 0.5) is 0 Å². The standard InChI is InChI=1S/C15H18N2O3S/c16-12-13-6-9-17(10-7-13)15(18)8-11-21(19,20)14-4-2-1-3-5-14/h1-5,13H,6-11H2. The number of carbonyl (C=O) groups excluding carboxylic acids is 1. The van der Waals surface area contributed by atoms with Crippen LogP contribution in [0.2, 0.25) is 0 Å². The first-order valence-electron chi connectivity index (χ1n) is 6.98. The van der Waals surface area contributed by atoms with E-state index in [4.69, 9.17) is 5.26 Å². The first-order valence-corrected chi connectivity index (χ1v) is 8.63. The molecule has 5 nitrogen and oxygen atoms in total. The van der Waals surface area contributed by atoms with Crippen molar-refractivity contribution in [1.82, 2.24) is 4.90 Å². The Morgan fingerprint density at radius 3 is 2.43 bits per heavy atom. The predicted octanol–water partition coefficient (Wildman–Crippen LogP) is 1.61. The molecule has 1 aromatic rings. The number of carbonyl (C=O) groups is 1. The van der Waals surface area contributed by atoms with Crippen molar-refractivity contribution in [3.63, 3.8) is 0 Å². The maximum atomic E-state index is 12.1. The van der Waals surface area contributed by atoms with Crippen LogP contribution in [0.15, 0.2) is 35.2 Å². The normalized spacial score (nSPS) is 16.4.